The van der Waals surface area contributed by atoms with E-state index in [-0.39, 0.29) is 5.91 Å². The van der Waals surface area contributed by atoms with Gasteiger partial charge in [0.05, 0.1) is 6.20 Å². The molecule has 0 atom stereocenters. The van der Waals surface area contributed by atoms with Crippen LogP contribution in [0.5, 0.6) is 0 Å². The summed E-state index contributed by atoms with van der Waals surface area (Å²) < 4.78 is 1.77. The van der Waals surface area contributed by atoms with E-state index in [2.05, 4.69) is 16.5 Å². The molecule has 5 heteroatoms. The first-order valence-corrected chi connectivity index (χ1v) is 8.45. The number of carbonyl (C=O) groups is 1. The van der Waals surface area contributed by atoms with Crippen LogP contribution in [0.1, 0.15) is 27.0 Å². The molecule has 0 saturated heterocycles. The summed E-state index contributed by atoms with van der Waals surface area (Å²) in [5.41, 5.74) is 5.61. The van der Waals surface area contributed by atoms with Gasteiger partial charge in [-0.15, -0.1) is 0 Å². The number of aryl methyl sites for hydroxylation is 3. The highest BCUT2D eigenvalue weighted by molar-refractivity contribution is 6.31. The summed E-state index contributed by atoms with van der Waals surface area (Å²) in [4.78, 5) is 12.5. The van der Waals surface area contributed by atoms with Gasteiger partial charge in [0, 0.05) is 35.9 Å². The lowest BCUT2D eigenvalue weighted by Crippen LogP contribution is -2.23. The van der Waals surface area contributed by atoms with Crippen LogP contribution in [-0.2, 0) is 13.6 Å². The lowest BCUT2D eigenvalue weighted by molar-refractivity contribution is 0.0950. The van der Waals surface area contributed by atoms with E-state index in [0.717, 1.165) is 27.8 Å². The highest BCUT2D eigenvalue weighted by Crippen LogP contribution is 2.21. The average molecular weight is 354 g/mol. The van der Waals surface area contributed by atoms with Crippen molar-refractivity contribution in [1.82, 2.24) is 15.1 Å². The molecule has 0 unspecified atom stereocenters. The fraction of sp³-hybridized carbons (Fsp3) is 0.200. The Kier molecular flexibility index (Phi) is 4.91. The van der Waals surface area contributed by atoms with Gasteiger partial charge in [-0.25, -0.2) is 0 Å². The molecule has 0 saturated carbocycles. The Bertz CT molecular complexity index is 930. The summed E-state index contributed by atoms with van der Waals surface area (Å²) in [6.45, 7) is 4.26. The topological polar surface area (TPSA) is 46.9 Å². The number of rotatable bonds is 4. The lowest BCUT2D eigenvalue weighted by atomic mass is 10.0. The predicted octanol–water partition coefficient (Wildman–Crippen LogP) is 4.29. The number of carbonyl (C=O) groups excluding carboxylic acids is 1. The maximum absolute atomic E-state index is 12.5. The van der Waals surface area contributed by atoms with Crippen molar-refractivity contribution in [3.8, 4) is 11.1 Å². The van der Waals surface area contributed by atoms with Gasteiger partial charge in [-0.2, -0.15) is 5.10 Å². The third-order valence-corrected chi connectivity index (χ3v) is 4.58. The molecule has 0 radical (unpaired) electrons. The molecule has 0 aliphatic carbocycles. The second-order valence-corrected chi connectivity index (χ2v) is 6.61. The zero-order chi connectivity index (χ0) is 18.0. The van der Waals surface area contributed by atoms with Gasteiger partial charge in [0.15, 0.2) is 0 Å². The first-order valence-electron chi connectivity index (χ1n) is 8.07. The molecule has 1 aromatic heterocycles. The van der Waals surface area contributed by atoms with E-state index in [1.165, 1.54) is 0 Å². The summed E-state index contributed by atoms with van der Waals surface area (Å²) >= 11 is 6.10. The van der Waals surface area contributed by atoms with Gasteiger partial charge >= 0.3 is 0 Å². The van der Waals surface area contributed by atoms with Crippen LogP contribution in [0.4, 0.5) is 0 Å². The Balaban J connectivity index is 1.74. The second kappa shape index (κ2) is 7.11. The van der Waals surface area contributed by atoms with Crippen molar-refractivity contribution in [2.24, 2.45) is 7.05 Å². The lowest BCUT2D eigenvalue weighted by Gasteiger charge is -2.10. The van der Waals surface area contributed by atoms with Crippen molar-refractivity contribution in [2.75, 3.05) is 0 Å². The molecule has 3 rings (SSSR count). The molecule has 1 N–H and O–H groups in total. The van der Waals surface area contributed by atoms with Gasteiger partial charge < -0.3 is 5.32 Å². The largest absolute Gasteiger partial charge is 0.348 e. The summed E-state index contributed by atoms with van der Waals surface area (Å²) in [7, 11) is 1.89. The predicted molar refractivity (Wildman–Crippen MR) is 101 cm³/mol. The molecule has 2 aromatic carbocycles. The fourth-order valence-corrected chi connectivity index (χ4v) is 2.95. The highest BCUT2D eigenvalue weighted by atomic mass is 35.5. The molecule has 25 heavy (non-hydrogen) atoms. The van der Waals surface area contributed by atoms with E-state index >= 15 is 0 Å². The van der Waals surface area contributed by atoms with Gasteiger partial charge in [0.1, 0.15) is 0 Å². The first-order chi connectivity index (χ1) is 11.9. The number of nitrogens with zero attached hydrogens (tertiary/aromatic N) is 2. The van der Waals surface area contributed by atoms with Gasteiger partial charge in [0.25, 0.3) is 5.91 Å². The maximum atomic E-state index is 12.5. The van der Waals surface area contributed by atoms with Crippen LogP contribution in [0.25, 0.3) is 11.1 Å². The number of nitrogens with one attached hydrogen (secondary N) is 1. The number of aromatic nitrogens is 2. The van der Waals surface area contributed by atoms with Crippen LogP contribution in [0.3, 0.4) is 0 Å². The highest BCUT2D eigenvalue weighted by Gasteiger charge is 2.11. The number of hydrogen-bond donors (Lipinski definition) is 1. The number of amides is 1. The van der Waals surface area contributed by atoms with Crippen LogP contribution in [0, 0.1) is 13.8 Å². The van der Waals surface area contributed by atoms with Crippen LogP contribution < -0.4 is 5.32 Å². The van der Waals surface area contributed by atoms with Crippen molar-refractivity contribution < 1.29 is 4.79 Å². The van der Waals surface area contributed by atoms with Crippen LogP contribution in [0.15, 0.2) is 48.8 Å². The summed E-state index contributed by atoms with van der Waals surface area (Å²) in [6, 6.07) is 11.8. The Morgan fingerprint density at radius 1 is 1.16 bits per heavy atom. The van der Waals surface area contributed by atoms with E-state index in [1.54, 1.807) is 4.68 Å². The fourth-order valence-electron chi connectivity index (χ4n) is 2.73. The van der Waals surface area contributed by atoms with E-state index in [9.17, 15) is 4.79 Å². The molecule has 0 aliphatic heterocycles. The third-order valence-electron chi connectivity index (χ3n) is 4.17. The van der Waals surface area contributed by atoms with Gasteiger partial charge in [-0.1, -0.05) is 29.8 Å². The van der Waals surface area contributed by atoms with E-state index in [4.69, 9.17) is 11.6 Å². The van der Waals surface area contributed by atoms with Crippen LogP contribution in [0.2, 0.25) is 5.02 Å². The molecule has 0 spiro atoms. The molecule has 4 nitrogen and oxygen atoms in total. The Labute approximate surface area is 152 Å². The molecule has 0 fully saturated rings. The quantitative estimate of drug-likeness (QED) is 0.760. The number of hydrogen-bond acceptors (Lipinski definition) is 2. The minimum atomic E-state index is -0.0935. The number of halogens is 1. The van der Waals surface area contributed by atoms with Crippen molar-refractivity contribution >= 4 is 17.5 Å². The first kappa shape index (κ1) is 17.2. The SMILES string of the molecule is Cc1cc(C(=O)NCc2cccc(-c3cnn(C)c3)c2)c(C)cc1Cl. The van der Waals surface area contributed by atoms with Crippen molar-refractivity contribution in [3.63, 3.8) is 0 Å². The molecule has 0 bridgehead atoms. The summed E-state index contributed by atoms with van der Waals surface area (Å²) in [5, 5.41) is 7.86. The summed E-state index contributed by atoms with van der Waals surface area (Å²) in [5.74, 6) is -0.0935. The Hall–Kier alpha value is -2.59. The van der Waals surface area contributed by atoms with Crippen molar-refractivity contribution in [3.05, 3.63) is 76.1 Å². The Morgan fingerprint density at radius 2 is 1.96 bits per heavy atom. The third kappa shape index (κ3) is 3.91. The molecule has 3 aromatic rings. The molecule has 1 amide bonds. The maximum Gasteiger partial charge on any atom is 0.251 e. The minimum Gasteiger partial charge on any atom is -0.348 e. The van der Waals surface area contributed by atoms with E-state index in [0.29, 0.717) is 17.1 Å². The van der Waals surface area contributed by atoms with Crippen molar-refractivity contribution in [2.45, 2.75) is 20.4 Å². The molecule has 0 aliphatic rings. The van der Waals surface area contributed by atoms with E-state index < -0.39 is 0 Å². The van der Waals surface area contributed by atoms with Gasteiger partial charge in [-0.3, -0.25) is 9.48 Å². The normalized spacial score (nSPS) is 10.7. The molecule has 1 heterocycles. The Morgan fingerprint density at radius 3 is 2.68 bits per heavy atom. The monoisotopic (exact) mass is 353 g/mol. The number of benzene rings is 2. The van der Waals surface area contributed by atoms with Crippen molar-refractivity contribution in [1.29, 1.82) is 0 Å². The molecular formula is C20H20ClN3O. The van der Waals surface area contributed by atoms with Gasteiger partial charge in [0.2, 0.25) is 0 Å². The van der Waals surface area contributed by atoms with Gasteiger partial charge in [-0.05, 0) is 54.3 Å². The van der Waals surface area contributed by atoms with Crippen LogP contribution in [-0.4, -0.2) is 15.7 Å². The summed E-state index contributed by atoms with van der Waals surface area (Å²) in [6.07, 6.45) is 3.80. The zero-order valence-corrected chi connectivity index (χ0v) is 15.3. The second-order valence-electron chi connectivity index (χ2n) is 6.20. The molecule has 128 valence electrons. The van der Waals surface area contributed by atoms with Crippen LogP contribution >= 0.6 is 11.6 Å². The van der Waals surface area contributed by atoms with E-state index in [1.807, 2.05) is 63.6 Å². The average Bonchev–Trinajstić information content (AvgIpc) is 3.03. The minimum absolute atomic E-state index is 0.0935. The molecular weight excluding hydrogens is 334 g/mol. The smallest absolute Gasteiger partial charge is 0.251 e. The zero-order valence-electron chi connectivity index (χ0n) is 14.5. The standard InChI is InChI=1S/C20H20ClN3O/c1-13-8-19(21)14(2)7-18(13)20(25)22-10-15-5-4-6-16(9-15)17-11-23-24(3)12-17/h4-9,11-12H,10H2,1-3H3,(H,22,25).